The zero-order valence-corrected chi connectivity index (χ0v) is 15.0. The fraction of sp³-hybridized carbons (Fsp3) is 0.0909. The third-order valence-corrected chi connectivity index (χ3v) is 4.51. The molecule has 4 N–H and O–H groups in total. The van der Waals surface area contributed by atoms with Crippen molar-refractivity contribution in [1.29, 1.82) is 0 Å². The third-order valence-electron chi connectivity index (χ3n) is 4.51. The van der Waals surface area contributed by atoms with E-state index in [4.69, 9.17) is 10.5 Å². The minimum atomic E-state index is -0.816. The van der Waals surface area contributed by atoms with Crippen molar-refractivity contribution in [2.75, 3.05) is 10.6 Å². The summed E-state index contributed by atoms with van der Waals surface area (Å²) in [6.45, 7) is 0.387. The predicted octanol–water partition coefficient (Wildman–Crippen LogP) is 3.47. The lowest BCUT2D eigenvalue weighted by Gasteiger charge is -2.27. The molecule has 0 unspecified atom stereocenters. The number of anilines is 2. The topological polar surface area (TPSA) is 93.4 Å². The molecule has 28 heavy (non-hydrogen) atoms. The Morgan fingerprint density at radius 2 is 1.82 bits per heavy atom. The van der Waals surface area contributed by atoms with Crippen molar-refractivity contribution >= 4 is 23.2 Å². The van der Waals surface area contributed by atoms with Gasteiger partial charge in [-0.2, -0.15) is 0 Å². The molecule has 1 aliphatic heterocycles. The average Bonchev–Trinajstić information content (AvgIpc) is 2.73. The number of carbonyl (C=O) groups is 2. The second-order valence-corrected chi connectivity index (χ2v) is 6.44. The molecule has 3 aromatic carbocycles. The molecule has 0 fully saturated rings. The summed E-state index contributed by atoms with van der Waals surface area (Å²) in [7, 11) is 0. The Morgan fingerprint density at radius 1 is 1.04 bits per heavy atom. The highest BCUT2D eigenvalue weighted by molar-refractivity contribution is 6.09. The van der Waals surface area contributed by atoms with Gasteiger partial charge in [-0.3, -0.25) is 9.59 Å². The first-order chi connectivity index (χ1) is 13.7. The molecule has 1 aliphatic rings. The Balaban J connectivity index is 1.64. The first-order valence-electron chi connectivity index (χ1n) is 8.91. The molecule has 2 amide bonds. The number of nitrogens with one attached hydrogen (secondary N) is 2. The summed E-state index contributed by atoms with van der Waals surface area (Å²) in [5.41, 5.74) is 8.76. The lowest BCUT2D eigenvalue weighted by atomic mass is 10.0. The number of hydrogen-bond donors (Lipinski definition) is 3. The summed E-state index contributed by atoms with van der Waals surface area (Å²) < 4.78 is 5.97. The summed E-state index contributed by atoms with van der Waals surface area (Å²) in [6, 6.07) is 21.6. The van der Waals surface area contributed by atoms with E-state index >= 15 is 0 Å². The first-order valence-corrected chi connectivity index (χ1v) is 8.91. The quantitative estimate of drug-likeness (QED) is 0.653. The summed E-state index contributed by atoms with van der Waals surface area (Å²) in [5, 5.41) is 5.69. The Morgan fingerprint density at radius 3 is 2.61 bits per heavy atom. The van der Waals surface area contributed by atoms with Crippen molar-refractivity contribution < 1.29 is 14.3 Å². The average molecular weight is 373 g/mol. The van der Waals surface area contributed by atoms with Gasteiger partial charge in [0.15, 0.2) is 5.75 Å². The molecular formula is C22H19N3O3. The van der Waals surface area contributed by atoms with Gasteiger partial charge >= 0.3 is 0 Å². The molecule has 0 saturated heterocycles. The maximum atomic E-state index is 12.9. The van der Waals surface area contributed by atoms with Crippen LogP contribution in [-0.2, 0) is 11.3 Å². The third kappa shape index (κ3) is 3.45. The standard InChI is InChI=1S/C22H19N3O3/c23-13-14-6-4-9-16(12-14)24-21(26)17-10-5-11-18-20(17)28-19(22(27)25-18)15-7-2-1-3-8-15/h1-12,19H,13,23H2,(H,24,26)(H,25,27)/t19-/m1/s1. The molecule has 1 atom stereocenters. The predicted molar refractivity (Wildman–Crippen MR) is 107 cm³/mol. The minimum absolute atomic E-state index is 0.271. The van der Waals surface area contributed by atoms with E-state index in [0.29, 0.717) is 29.2 Å². The Labute approximate surface area is 162 Å². The van der Waals surface area contributed by atoms with Crippen LogP contribution in [0.4, 0.5) is 11.4 Å². The monoisotopic (exact) mass is 373 g/mol. The van der Waals surface area contributed by atoms with Gasteiger partial charge in [-0.15, -0.1) is 0 Å². The maximum Gasteiger partial charge on any atom is 0.270 e. The van der Waals surface area contributed by atoms with Gasteiger partial charge in [0.05, 0.1) is 11.3 Å². The summed E-state index contributed by atoms with van der Waals surface area (Å²) in [5.74, 6) is -0.246. The molecule has 6 nitrogen and oxygen atoms in total. The van der Waals surface area contributed by atoms with Crippen LogP contribution in [0.2, 0.25) is 0 Å². The van der Waals surface area contributed by atoms with E-state index in [0.717, 1.165) is 11.1 Å². The summed E-state index contributed by atoms with van der Waals surface area (Å²) in [6.07, 6.45) is -0.816. The van der Waals surface area contributed by atoms with E-state index in [2.05, 4.69) is 10.6 Å². The number of hydrogen-bond acceptors (Lipinski definition) is 4. The zero-order valence-electron chi connectivity index (χ0n) is 15.0. The highest BCUT2D eigenvalue weighted by Crippen LogP contribution is 2.38. The lowest BCUT2D eigenvalue weighted by molar-refractivity contribution is -0.123. The van der Waals surface area contributed by atoms with Crippen molar-refractivity contribution in [1.82, 2.24) is 0 Å². The molecule has 0 aromatic heterocycles. The fourth-order valence-corrected chi connectivity index (χ4v) is 3.13. The van der Waals surface area contributed by atoms with Crippen LogP contribution < -0.4 is 21.1 Å². The van der Waals surface area contributed by atoms with Gasteiger partial charge in [0.2, 0.25) is 6.10 Å². The van der Waals surface area contributed by atoms with Gasteiger partial charge in [-0.25, -0.2) is 0 Å². The maximum absolute atomic E-state index is 12.9. The lowest BCUT2D eigenvalue weighted by Crippen LogP contribution is -2.31. The molecule has 0 bridgehead atoms. The van der Waals surface area contributed by atoms with Gasteiger partial charge in [-0.1, -0.05) is 48.5 Å². The van der Waals surface area contributed by atoms with Crippen LogP contribution in [0.3, 0.4) is 0 Å². The van der Waals surface area contributed by atoms with E-state index in [1.165, 1.54) is 0 Å². The van der Waals surface area contributed by atoms with Crippen molar-refractivity contribution in [3.8, 4) is 5.75 Å². The van der Waals surface area contributed by atoms with Gasteiger partial charge < -0.3 is 21.1 Å². The second-order valence-electron chi connectivity index (χ2n) is 6.44. The van der Waals surface area contributed by atoms with E-state index < -0.39 is 6.10 Å². The Hall–Kier alpha value is -3.64. The molecule has 0 aliphatic carbocycles. The Bertz CT molecular complexity index is 1030. The van der Waals surface area contributed by atoms with Gasteiger partial charge in [-0.05, 0) is 29.8 Å². The van der Waals surface area contributed by atoms with Crippen LogP contribution in [-0.4, -0.2) is 11.8 Å². The van der Waals surface area contributed by atoms with Crippen LogP contribution in [0.25, 0.3) is 0 Å². The van der Waals surface area contributed by atoms with Gasteiger partial charge in [0.25, 0.3) is 11.8 Å². The largest absolute Gasteiger partial charge is 0.473 e. The minimum Gasteiger partial charge on any atom is -0.473 e. The number of rotatable bonds is 4. The number of amides is 2. The van der Waals surface area contributed by atoms with E-state index in [1.807, 2.05) is 48.5 Å². The van der Waals surface area contributed by atoms with Crippen molar-refractivity contribution in [2.24, 2.45) is 5.73 Å². The van der Waals surface area contributed by atoms with E-state index in [1.54, 1.807) is 24.3 Å². The smallest absolute Gasteiger partial charge is 0.270 e. The molecule has 140 valence electrons. The number of fused-ring (bicyclic) bond motifs is 1. The number of benzene rings is 3. The second kappa shape index (κ2) is 7.54. The molecular weight excluding hydrogens is 354 g/mol. The summed E-state index contributed by atoms with van der Waals surface area (Å²) >= 11 is 0. The van der Waals surface area contributed by atoms with E-state index in [9.17, 15) is 9.59 Å². The molecule has 0 radical (unpaired) electrons. The number of carbonyl (C=O) groups excluding carboxylic acids is 2. The highest BCUT2D eigenvalue weighted by atomic mass is 16.5. The van der Waals surface area contributed by atoms with Crippen LogP contribution >= 0.6 is 0 Å². The number of nitrogens with two attached hydrogens (primary N) is 1. The van der Waals surface area contributed by atoms with Crippen molar-refractivity contribution in [2.45, 2.75) is 12.6 Å². The Kier molecular flexibility index (Phi) is 4.78. The normalized spacial score (nSPS) is 15.2. The van der Waals surface area contributed by atoms with Crippen molar-refractivity contribution in [3.05, 3.63) is 89.5 Å². The fourth-order valence-electron chi connectivity index (χ4n) is 3.13. The molecule has 1 heterocycles. The summed E-state index contributed by atoms with van der Waals surface area (Å²) in [4.78, 5) is 25.3. The van der Waals surface area contributed by atoms with Crippen LogP contribution in [0.1, 0.15) is 27.6 Å². The molecule has 0 spiro atoms. The molecule has 0 saturated carbocycles. The molecule has 4 rings (SSSR count). The van der Waals surface area contributed by atoms with Gasteiger partial charge in [0.1, 0.15) is 0 Å². The number of ether oxygens (including phenoxy) is 1. The van der Waals surface area contributed by atoms with Crippen LogP contribution in [0.5, 0.6) is 5.75 Å². The van der Waals surface area contributed by atoms with Crippen molar-refractivity contribution in [3.63, 3.8) is 0 Å². The molecule has 3 aromatic rings. The SMILES string of the molecule is NCc1cccc(NC(=O)c2cccc3c2O[C@H](c2ccccc2)C(=O)N3)c1. The van der Waals surface area contributed by atoms with Gasteiger partial charge in [0, 0.05) is 17.8 Å². The van der Waals surface area contributed by atoms with Crippen LogP contribution in [0, 0.1) is 0 Å². The van der Waals surface area contributed by atoms with Crippen LogP contribution in [0.15, 0.2) is 72.8 Å². The first kappa shape index (κ1) is 17.8. The van der Waals surface area contributed by atoms with E-state index in [-0.39, 0.29) is 11.8 Å². The number of para-hydroxylation sites is 1. The highest BCUT2D eigenvalue weighted by Gasteiger charge is 2.31. The molecule has 6 heteroatoms. The zero-order chi connectivity index (χ0) is 19.5.